The van der Waals surface area contributed by atoms with Crippen LogP contribution in [0.15, 0.2) is 0 Å². The Morgan fingerprint density at radius 2 is 2.14 bits per heavy atom. The molecule has 1 aliphatic heterocycles. The zero-order chi connectivity index (χ0) is 10.0. The third-order valence-corrected chi connectivity index (χ3v) is 3.20. The van der Waals surface area contributed by atoms with Crippen molar-refractivity contribution in [2.24, 2.45) is 0 Å². The van der Waals surface area contributed by atoms with Crippen molar-refractivity contribution in [3.05, 3.63) is 0 Å². The van der Waals surface area contributed by atoms with Gasteiger partial charge in [0.2, 0.25) is 0 Å². The molecule has 0 amide bonds. The molecule has 1 atom stereocenters. The first-order chi connectivity index (χ1) is 6.73. The smallest absolute Gasteiger partial charge is 0.337 e. The van der Waals surface area contributed by atoms with Gasteiger partial charge in [0.15, 0.2) is 5.60 Å². The van der Waals surface area contributed by atoms with Crippen LogP contribution in [-0.2, 0) is 9.53 Å². The van der Waals surface area contributed by atoms with Crippen molar-refractivity contribution in [1.82, 2.24) is 5.32 Å². The molecule has 0 spiro atoms. The first kappa shape index (κ1) is 9.93. The minimum Gasteiger partial charge on any atom is -0.479 e. The molecule has 0 radical (unpaired) electrons. The molecule has 2 rings (SSSR count). The van der Waals surface area contributed by atoms with Gasteiger partial charge in [-0.05, 0) is 19.4 Å². The molecule has 0 aromatic heterocycles. The summed E-state index contributed by atoms with van der Waals surface area (Å²) in [6, 6.07) is 0. The third kappa shape index (κ3) is 1.77. The Morgan fingerprint density at radius 3 is 2.64 bits per heavy atom. The van der Waals surface area contributed by atoms with Crippen LogP contribution < -0.4 is 5.32 Å². The van der Waals surface area contributed by atoms with Gasteiger partial charge >= 0.3 is 5.97 Å². The average molecular weight is 199 g/mol. The van der Waals surface area contributed by atoms with Gasteiger partial charge in [0, 0.05) is 13.0 Å². The number of carboxylic acid groups (broad SMARTS) is 1. The van der Waals surface area contributed by atoms with Gasteiger partial charge in [-0.25, -0.2) is 4.79 Å². The lowest BCUT2D eigenvalue weighted by Crippen LogP contribution is -2.45. The molecule has 1 unspecified atom stereocenters. The fraction of sp³-hybridized carbons (Fsp3) is 0.900. The number of carboxylic acids is 1. The molecule has 1 aliphatic carbocycles. The van der Waals surface area contributed by atoms with Gasteiger partial charge in [0.1, 0.15) is 0 Å². The molecule has 1 saturated carbocycles. The number of nitrogens with one attached hydrogen (secondary N) is 1. The summed E-state index contributed by atoms with van der Waals surface area (Å²) < 4.78 is 5.76. The minimum atomic E-state index is -0.936. The highest BCUT2D eigenvalue weighted by atomic mass is 16.5. The van der Waals surface area contributed by atoms with Crippen molar-refractivity contribution >= 4 is 5.97 Å². The zero-order valence-corrected chi connectivity index (χ0v) is 8.29. The van der Waals surface area contributed by atoms with Gasteiger partial charge in [-0.15, -0.1) is 0 Å². The second-order valence-corrected chi connectivity index (χ2v) is 4.25. The Balaban J connectivity index is 1.99. The van der Waals surface area contributed by atoms with Crippen molar-refractivity contribution in [1.29, 1.82) is 0 Å². The Kier molecular flexibility index (Phi) is 2.74. The van der Waals surface area contributed by atoms with Crippen LogP contribution in [0.4, 0.5) is 0 Å². The minimum absolute atomic E-state index is 0.172. The number of hydrogen-bond acceptors (Lipinski definition) is 3. The molecule has 0 aromatic carbocycles. The fourth-order valence-electron chi connectivity index (χ4n) is 2.33. The molecule has 2 N–H and O–H groups in total. The first-order valence-electron chi connectivity index (χ1n) is 5.35. The Bertz CT molecular complexity index is 217. The lowest BCUT2D eigenvalue weighted by Gasteiger charge is -2.27. The Hall–Kier alpha value is -0.610. The normalized spacial score (nSPS) is 33.7. The largest absolute Gasteiger partial charge is 0.479 e. The second kappa shape index (κ2) is 3.87. The highest BCUT2D eigenvalue weighted by molar-refractivity contribution is 5.78. The van der Waals surface area contributed by atoms with Crippen LogP contribution in [0, 0.1) is 0 Å². The predicted molar refractivity (Wildman–Crippen MR) is 51.2 cm³/mol. The Labute approximate surface area is 83.6 Å². The monoisotopic (exact) mass is 199 g/mol. The summed E-state index contributed by atoms with van der Waals surface area (Å²) in [6.45, 7) is 1.21. The molecule has 2 aliphatic rings. The van der Waals surface area contributed by atoms with E-state index in [0.717, 1.165) is 19.4 Å². The number of hydrogen-bond donors (Lipinski definition) is 2. The summed E-state index contributed by atoms with van der Waals surface area (Å²) >= 11 is 0. The van der Waals surface area contributed by atoms with Crippen LogP contribution in [-0.4, -0.2) is 35.9 Å². The molecule has 0 aromatic rings. The van der Waals surface area contributed by atoms with E-state index in [1.807, 2.05) is 0 Å². The molecule has 0 bridgehead atoms. The lowest BCUT2D eigenvalue weighted by molar-refractivity contribution is -0.170. The van der Waals surface area contributed by atoms with Crippen molar-refractivity contribution in [3.8, 4) is 0 Å². The van der Waals surface area contributed by atoms with E-state index in [9.17, 15) is 4.79 Å². The fourth-order valence-corrected chi connectivity index (χ4v) is 2.33. The van der Waals surface area contributed by atoms with Gasteiger partial charge in [-0.2, -0.15) is 0 Å². The van der Waals surface area contributed by atoms with Gasteiger partial charge in [0.25, 0.3) is 0 Å². The van der Waals surface area contributed by atoms with Crippen LogP contribution in [0.5, 0.6) is 0 Å². The van der Waals surface area contributed by atoms with Crippen LogP contribution in [0.2, 0.25) is 0 Å². The van der Waals surface area contributed by atoms with E-state index in [-0.39, 0.29) is 6.10 Å². The van der Waals surface area contributed by atoms with Gasteiger partial charge in [0.05, 0.1) is 6.10 Å². The van der Waals surface area contributed by atoms with E-state index in [1.165, 1.54) is 12.8 Å². The van der Waals surface area contributed by atoms with Crippen LogP contribution in [0.3, 0.4) is 0 Å². The van der Waals surface area contributed by atoms with Gasteiger partial charge in [-0.3, -0.25) is 0 Å². The summed E-state index contributed by atoms with van der Waals surface area (Å²) in [5.74, 6) is -0.811. The molecule has 4 nitrogen and oxygen atoms in total. The molecule has 4 heteroatoms. The quantitative estimate of drug-likeness (QED) is 0.704. The molecule has 1 heterocycles. The SMILES string of the molecule is O=C(O)C1(OC2CCCC2)CCNC1. The lowest BCUT2D eigenvalue weighted by atomic mass is 10.0. The van der Waals surface area contributed by atoms with Crippen molar-refractivity contribution in [2.75, 3.05) is 13.1 Å². The van der Waals surface area contributed by atoms with Crippen LogP contribution >= 0.6 is 0 Å². The van der Waals surface area contributed by atoms with E-state index in [1.54, 1.807) is 0 Å². The van der Waals surface area contributed by atoms with E-state index in [4.69, 9.17) is 9.84 Å². The predicted octanol–water partition coefficient (Wildman–Crippen LogP) is 0.762. The maximum absolute atomic E-state index is 11.1. The summed E-state index contributed by atoms with van der Waals surface area (Å²) in [4.78, 5) is 11.1. The number of rotatable bonds is 3. The maximum atomic E-state index is 11.1. The van der Waals surface area contributed by atoms with E-state index in [0.29, 0.717) is 13.0 Å². The molecule has 80 valence electrons. The zero-order valence-electron chi connectivity index (χ0n) is 8.29. The van der Waals surface area contributed by atoms with E-state index >= 15 is 0 Å². The third-order valence-electron chi connectivity index (χ3n) is 3.20. The molecule has 14 heavy (non-hydrogen) atoms. The van der Waals surface area contributed by atoms with Gasteiger partial charge in [-0.1, -0.05) is 12.8 Å². The van der Waals surface area contributed by atoms with Crippen LogP contribution in [0.1, 0.15) is 32.1 Å². The van der Waals surface area contributed by atoms with Crippen molar-refractivity contribution in [3.63, 3.8) is 0 Å². The summed E-state index contributed by atoms with van der Waals surface area (Å²) in [5.41, 5.74) is -0.936. The number of ether oxygens (including phenoxy) is 1. The highest BCUT2D eigenvalue weighted by Gasteiger charge is 2.44. The Morgan fingerprint density at radius 1 is 1.43 bits per heavy atom. The summed E-state index contributed by atoms with van der Waals surface area (Å²) in [7, 11) is 0. The highest BCUT2D eigenvalue weighted by Crippen LogP contribution is 2.29. The van der Waals surface area contributed by atoms with E-state index < -0.39 is 11.6 Å². The standard InChI is InChI=1S/C10H17NO3/c12-9(13)10(5-6-11-7-10)14-8-3-1-2-4-8/h8,11H,1-7H2,(H,12,13). The average Bonchev–Trinajstić information content (AvgIpc) is 2.76. The van der Waals surface area contributed by atoms with Crippen LogP contribution in [0.25, 0.3) is 0 Å². The molecule has 2 fully saturated rings. The van der Waals surface area contributed by atoms with Crippen molar-refractivity contribution < 1.29 is 14.6 Å². The summed E-state index contributed by atoms with van der Waals surface area (Å²) in [5, 5.41) is 12.2. The first-order valence-corrected chi connectivity index (χ1v) is 5.35. The van der Waals surface area contributed by atoms with E-state index in [2.05, 4.69) is 5.32 Å². The summed E-state index contributed by atoms with van der Waals surface area (Å²) in [6.07, 6.45) is 5.16. The number of aliphatic carboxylic acids is 1. The van der Waals surface area contributed by atoms with Gasteiger partial charge < -0.3 is 15.2 Å². The molecular formula is C10H17NO3. The topological polar surface area (TPSA) is 58.6 Å². The maximum Gasteiger partial charge on any atom is 0.337 e. The van der Waals surface area contributed by atoms with Crippen molar-refractivity contribution in [2.45, 2.75) is 43.8 Å². The molecule has 1 saturated heterocycles. The number of carbonyl (C=O) groups is 1. The second-order valence-electron chi connectivity index (χ2n) is 4.25. The molecular weight excluding hydrogens is 182 g/mol.